The van der Waals surface area contributed by atoms with E-state index in [1.807, 2.05) is 24.3 Å². The Balaban J connectivity index is 1.98. The van der Waals surface area contributed by atoms with Crippen molar-refractivity contribution >= 4 is 13.9 Å². The van der Waals surface area contributed by atoms with Gasteiger partial charge in [0.1, 0.15) is 6.10 Å². The maximum absolute atomic E-state index is 12.1. The summed E-state index contributed by atoms with van der Waals surface area (Å²) in [6.45, 7) is 20.7. The molecular formula is C34H48N2O2Si. The molecule has 0 fully saturated rings. The van der Waals surface area contributed by atoms with Crippen molar-refractivity contribution in [2.24, 2.45) is 5.41 Å². The van der Waals surface area contributed by atoms with Crippen molar-refractivity contribution in [3.8, 4) is 6.07 Å². The topological polar surface area (TPSA) is 66.1 Å². The van der Waals surface area contributed by atoms with Gasteiger partial charge in [-0.2, -0.15) is 5.26 Å². The van der Waals surface area contributed by atoms with Gasteiger partial charge in [0.05, 0.1) is 18.6 Å². The zero-order chi connectivity index (χ0) is 28.8. The van der Waals surface area contributed by atoms with E-state index in [4.69, 9.17) is 14.7 Å². The Morgan fingerprint density at radius 2 is 1.85 bits per heavy atom. The summed E-state index contributed by atoms with van der Waals surface area (Å²) in [7, 11) is -2.08. The zero-order valence-electron chi connectivity index (χ0n) is 25.6. The Kier molecular flexibility index (Phi) is 8.35. The normalized spacial score (nSPS) is 19.9. The van der Waals surface area contributed by atoms with E-state index in [-0.39, 0.29) is 22.5 Å². The predicted molar refractivity (Wildman–Crippen MR) is 163 cm³/mol. The molecule has 0 bridgehead atoms. The first-order valence-corrected chi connectivity index (χ1v) is 17.6. The van der Waals surface area contributed by atoms with Crippen LogP contribution in [0.3, 0.4) is 0 Å². The number of aliphatic hydroxyl groups excluding tert-OH is 1. The van der Waals surface area contributed by atoms with Crippen molar-refractivity contribution in [3.05, 3.63) is 69.5 Å². The third kappa shape index (κ3) is 6.09. The van der Waals surface area contributed by atoms with E-state index in [0.29, 0.717) is 6.42 Å². The summed E-state index contributed by atoms with van der Waals surface area (Å²) in [5, 5.41) is 21.3. The Hall–Kier alpha value is -2.26. The molecule has 2 atom stereocenters. The van der Waals surface area contributed by atoms with Crippen LogP contribution in [0.1, 0.15) is 131 Å². The third-order valence-electron chi connectivity index (χ3n) is 9.09. The lowest BCUT2D eigenvalue weighted by atomic mass is 9.71. The number of fused-ring (bicyclic) bond motifs is 1. The van der Waals surface area contributed by atoms with Gasteiger partial charge in [0.2, 0.25) is 0 Å². The van der Waals surface area contributed by atoms with Crippen molar-refractivity contribution in [2.75, 3.05) is 0 Å². The lowest BCUT2D eigenvalue weighted by molar-refractivity contribution is 0.105. The highest BCUT2D eigenvalue weighted by atomic mass is 28.4. The number of rotatable bonds is 7. The fourth-order valence-electron chi connectivity index (χ4n) is 5.96. The number of hydrogen-bond acceptors (Lipinski definition) is 4. The average molecular weight is 545 g/mol. The lowest BCUT2D eigenvalue weighted by Gasteiger charge is -2.45. The molecule has 0 spiro atoms. The second-order valence-corrected chi connectivity index (χ2v) is 19.1. The molecule has 0 saturated carbocycles. The molecule has 4 nitrogen and oxygen atoms in total. The van der Waals surface area contributed by atoms with E-state index in [9.17, 15) is 5.11 Å². The number of nitriles is 1. The monoisotopic (exact) mass is 544 g/mol. The highest BCUT2D eigenvalue weighted by Crippen LogP contribution is 2.52. The number of benzene rings is 1. The molecule has 1 heterocycles. The van der Waals surface area contributed by atoms with Crippen LogP contribution in [0.5, 0.6) is 0 Å². The Bertz CT molecular complexity index is 1280. The first-order chi connectivity index (χ1) is 18.1. The molecule has 4 rings (SSSR count). The molecule has 0 radical (unpaired) electrons. The molecule has 2 aliphatic carbocycles. The lowest BCUT2D eigenvalue weighted by Crippen LogP contribution is -2.44. The number of aromatic nitrogens is 1. The minimum atomic E-state index is -2.08. The van der Waals surface area contributed by atoms with Gasteiger partial charge in [-0.1, -0.05) is 78.8 Å². The standard InChI is InChI=1S/C34H48N2O2Si/c1-22(2)31-30(32(37)25-16-14-23(15-17-25)18-19-35)28(24-12-10-11-13-24)29-26(36-31)20-34(6,7)21-27(29)38-39(8,9)33(3,4)5/h12,14-17,22,27,32,37H,10-11,13,18,20-21H2,1-9H3. The number of hydrogen-bond donors (Lipinski definition) is 1. The maximum atomic E-state index is 12.1. The summed E-state index contributed by atoms with van der Waals surface area (Å²) in [5.41, 5.74) is 8.77. The van der Waals surface area contributed by atoms with Crippen LogP contribution in [0.25, 0.3) is 5.57 Å². The molecule has 210 valence electrons. The molecule has 2 unspecified atom stereocenters. The molecule has 39 heavy (non-hydrogen) atoms. The average Bonchev–Trinajstić information content (AvgIpc) is 3.36. The van der Waals surface area contributed by atoms with Gasteiger partial charge in [0.15, 0.2) is 8.32 Å². The van der Waals surface area contributed by atoms with Gasteiger partial charge >= 0.3 is 0 Å². The summed E-state index contributed by atoms with van der Waals surface area (Å²) in [4.78, 5) is 5.38. The molecule has 1 aromatic heterocycles. The van der Waals surface area contributed by atoms with Crippen molar-refractivity contribution in [1.82, 2.24) is 4.98 Å². The summed E-state index contributed by atoms with van der Waals surface area (Å²) in [5.74, 6) is 0.170. The van der Waals surface area contributed by atoms with E-state index in [1.54, 1.807) is 0 Å². The van der Waals surface area contributed by atoms with Crippen molar-refractivity contribution in [1.29, 1.82) is 5.26 Å². The second kappa shape index (κ2) is 11.0. The van der Waals surface area contributed by atoms with Gasteiger partial charge in [-0.15, -0.1) is 0 Å². The van der Waals surface area contributed by atoms with Crippen molar-refractivity contribution < 1.29 is 9.53 Å². The largest absolute Gasteiger partial charge is 0.410 e. The molecule has 1 aromatic carbocycles. The molecule has 2 aromatic rings. The fraction of sp³-hybridized carbons (Fsp3) is 0.588. The van der Waals surface area contributed by atoms with E-state index in [2.05, 4.69) is 73.7 Å². The van der Waals surface area contributed by atoms with E-state index < -0.39 is 14.4 Å². The smallest absolute Gasteiger partial charge is 0.192 e. The summed E-state index contributed by atoms with van der Waals surface area (Å²) in [6, 6.07) is 10.1. The molecule has 2 aliphatic rings. The van der Waals surface area contributed by atoms with Crippen LogP contribution in [0, 0.1) is 16.7 Å². The Labute approximate surface area is 237 Å². The molecule has 0 amide bonds. The van der Waals surface area contributed by atoms with Crippen LogP contribution in [0.15, 0.2) is 30.3 Å². The molecular weight excluding hydrogens is 496 g/mol. The quantitative estimate of drug-likeness (QED) is 0.353. The summed E-state index contributed by atoms with van der Waals surface area (Å²) in [6.07, 6.45) is 7.01. The number of aliphatic hydroxyl groups is 1. The van der Waals surface area contributed by atoms with Crippen LogP contribution in [-0.2, 0) is 17.3 Å². The SMILES string of the molecule is CC(C)c1nc2c(c(C3=CCCC3)c1C(O)c1ccc(CC#N)cc1)C(O[Si](C)(C)C(C)(C)C)CC(C)(C)C2. The van der Waals surface area contributed by atoms with Crippen LogP contribution in [-0.4, -0.2) is 18.4 Å². The van der Waals surface area contributed by atoms with Crippen LogP contribution in [0.2, 0.25) is 18.1 Å². The van der Waals surface area contributed by atoms with Crippen LogP contribution >= 0.6 is 0 Å². The fourth-order valence-corrected chi connectivity index (χ4v) is 7.23. The highest BCUT2D eigenvalue weighted by molar-refractivity contribution is 6.74. The minimum absolute atomic E-state index is 0.0428. The maximum Gasteiger partial charge on any atom is 0.192 e. The molecule has 0 saturated heterocycles. The third-order valence-corrected chi connectivity index (χ3v) is 13.6. The zero-order valence-corrected chi connectivity index (χ0v) is 26.6. The second-order valence-electron chi connectivity index (χ2n) is 14.3. The van der Waals surface area contributed by atoms with Gasteiger partial charge in [-0.25, -0.2) is 0 Å². The number of nitrogens with zero attached hydrogens (tertiary/aromatic N) is 2. The van der Waals surface area contributed by atoms with Crippen molar-refractivity contribution in [2.45, 2.75) is 123 Å². The van der Waals surface area contributed by atoms with Gasteiger partial charge < -0.3 is 9.53 Å². The molecule has 5 heteroatoms. The van der Waals surface area contributed by atoms with Gasteiger partial charge in [0.25, 0.3) is 0 Å². The predicted octanol–water partition coefficient (Wildman–Crippen LogP) is 8.96. The summed E-state index contributed by atoms with van der Waals surface area (Å²) < 4.78 is 7.25. The minimum Gasteiger partial charge on any atom is -0.410 e. The molecule has 1 N–H and O–H groups in total. The van der Waals surface area contributed by atoms with Gasteiger partial charge in [-0.3, -0.25) is 4.98 Å². The van der Waals surface area contributed by atoms with Crippen LogP contribution < -0.4 is 0 Å². The summed E-state index contributed by atoms with van der Waals surface area (Å²) >= 11 is 0. The van der Waals surface area contributed by atoms with E-state index in [1.165, 1.54) is 16.7 Å². The number of allylic oxidation sites excluding steroid dienone is 2. The van der Waals surface area contributed by atoms with Gasteiger partial charge in [-0.05, 0) is 83.8 Å². The Morgan fingerprint density at radius 1 is 1.18 bits per heavy atom. The van der Waals surface area contributed by atoms with E-state index >= 15 is 0 Å². The Morgan fingerprint density at radius 3 is 2.38 bits per heavy atom. The first-order valence-electron chi connectivity index (χ1n) is 14.7. The van der Waals surface area contributed by atoms with E-state index in [0.717, 1.165) is 60.2 Å². The van der Waals surface area contributed by atoms with Crippen LogP contribution in [0.4, 0.5) is 0 Å². The molecule has 0 aliphatic heterocycles. The number of pyridine rings is 1. The first kappa shape index (κ1) is 29.7. The highest BCUT2D eigenvalue weighted by Gasteiger charge is 2.45. The van der Waals surface area contributed by atoms with Crippen molar-refractivity contribution in [3.63, 3.8) is 0 Å². The van der Waals surface area contributed by atoms with Gasteiger partial charge in [0, 0.05) is 22.5 Å².